The van der Waals surface area contributed by atoms with E-state index in [1.165, 1.54) is 0 Å². The summed E-state index contributed by atoms with van der Waals surface area (Å²) in [5, 5.41) is 9.30. The zero-order valence-corrected chi connectivity index (χ0v) is 10.7. The Hall–Kier alpha value is -2.31. The number of nitrogens with zero attached hydrogens (tertiary/aromatic N) is 2. The summed E-state index contributed by atoms with van der Waals surface area (Å²) in [7, 11) is 0. The Kier molecular flexibility index (Phi) is 2.94. The average molecular weight is 269 g/mol. The first-order valence-electron chi connectivity index (χ1n) is 5.79. The molecule has 2 aromatic carbocycles. The zero-order chi connectivity index (χ0) is 13.2. The maximum absolute atomic E-state index is 8.70. The molecule has 0 bridgehead atoms. The van der Waals surface area contributed by atoms with Crippen LogP contribution in [0.25, 0.3) is 22.6 Å². The predicted octanol–water partition coefficient (Wildman–Crippen LogP) is 4.21. The summed E-state index contributed by atoms with van der Waals surface area (Å²) >= 11 is 6.12. The van der Waals surface area contributed by atoms with Crippen molar-refractivity contribution in [2.24, 2.45) is 0 Å². The molecule has 1 heterocycles. The number of aromatic nitrogens is 1. The maximum atomic E-state index is 8.70. The molecule has 0 spiro atoms. The minimum Gasteiger partial charge on any atom is -0.436 e. The van der Waals surface area contributed by atoms with E-state index < -0.39 is 0 Å². The van der Waals surface area contributed by atoms with E-state index in [0.29, 0.717) is 22.9 Å². The normalized spacial score (nSPS) is 10.5. The van der Waals surface area contributed by atoms with Crippen molar-refractivity contribution in [1.29, 1.82) is 5.26 Å². The van der Waals surface area contributed by atoms with Gasteiger partial charge < -0.3 is 4.42 Å². The lowest BCUT2D eigenvalue weighted by Gasteiger charge is -1.96. The van der Waals surface area contributed by atoms with Gasteiger partial charge >= 0.3 is 0 Å². The van der Waals surface area contributed by atoms with E-state index in [4.69, 9.17) is 21.3 Å². The van der Waals surface area contributed by atoms with Gasteiger partial charge in [0.1, 0.15) is 5.52 Å². The molecule has 0 fully saturated rings. The Morgan fingerprint density at radius 2 is 2.05 bits per heavy atom. The molecule has 0 radical (unpaired) electrons. The average Bonchev–Trinajstić information content (AvgIpc) is 2.82. The summed E-state index contributed by atoms with van der Waals surface area (Å²) in [6.07, 6.45) is 0.365. The Balaban J connectivity index is 2.12. The standard InChI is InChI=1S/C15H9ClN2O/c16-12-4-2-1-3-11(12)15-18-13-9-10(7-8-17)5-6-14(13)19-15/h1-6,9H,7H2. The van der Waals surface area contributed by atoms with Gasteiger partial charge in [0, 0.05) is 0 Å². The number of benzene rings is 2. The molecular formula is C15H9ClN2O. The Labute approximate surface area is 115 Å². The van der Waals surface area contributed by atoms with Gasteiger partial charge in [-0.25, -0.2) is 4.98 Å². The molecule has 0 aliphatic carbocycles. The molecule has 0 atom stereocenters. The Bertz CT molecular complexity index is 786. The summed E-state index contributed by atoms with van der Waals surface area (Å²) < 4.78 is 5.69. The van der Waals surface area contributed by atoms with Gasteiger partial charge in [0.2, 0.25) is 5.89 Å². The van der Waals surface area contributed by atoms with Crippen LogP contribution in [0.15, 0.2) is 46.9 Å². The van der Waals surface area contributed by atoms with E-state index in [2.05, 4.69) is 11.1 Å². The number of halogens is 1. The predicted molar refractivity (Wildman–Crippen MR) is 73.8 cm³/mol. The highest BCUT2D eigenvalue weighted by molar-refractivity contribution is 6.33. The first kappa shape index (κ1) is 11.8. The number of hydrogen-bond donors (Lipinski definition) is 0. The topological polar surface area (TPSA) is 49.8 Å². The lowest BCUT2D eigenvalue weighted by Crippen LogP contribution is -1.80. The van der Waals surface area contributed by atoms with Crippen LogP contribution < -0.4 is 0 Å². The number of rotatable bonds is 2. The minimum atomic E-state index is 0.365. The van der Waals surface area contributed by atoms with E-state index >= 15 is 0 Å². The van der Waals surface area contributed by atoms with Gasteiger partial charge in [-0.2, -0.15) is 5.26 Å². The molecule has 0 saturated heterocycles. The smallest absolute Gasteiger partial charge is 0.228 e. The van der Waals surface area contributed by atoms with Gasteiger partial charge in [0.25, 0.3) is 0 Å². The lowest BCUT2D eigenvalue weighted by atomic mass is 10.1. The van der Waals surface area contributed by atoms with Crippen LogP contribution in [0, 0.1) is 11.3 Å². The molecule has 0 amide bonds. The molecule has 0 N–H and O–H groups in total. The van der Waals surface area contributed by atoms with Crippen LogP contribution in [-0.2, 0) is 6.42 Å². The maximum Gasteiger partial charge on any atom is 0.228 e. The number of fused-ring (bicyclic) bond motifs is 1. The number of oxazole rings is 1. The van der Waals surface area contributed by atoms with Crippen molar-refractivity contribution in [1.82, 2.24) is 4.98 Å². The molecule has 0 aliphatic rings. The largest absolute Gasteiger partial charge is 0.436 e. The quantitative estimate of drug-likeness (QED) is 0.699. The molecule has 0 unspecified atom stereocenters. The number of hydrogen-bond acceptors (Lipinski definition) is 3. The first-order chi connectivity index (χ1) is 9.28. The highest BCUT2D eigenvalue weighted by Gasteiger charge is 2.11. The van der Waals surface area contributed by atoms with Crippen molar-refractivity contribution in [3.05, 3.63) is 53.1 Å². The summed E-state index contributed by atoms with van der Waals surface area (Å²) in [5.74, 6) is 0.495. The second-order valence-corrected chi connectivity index (χ2v) is 4.54. The molecule has 3 nitrogen and oxygen atoms in total. The second kappa shape index (κ2) is 4.75. The highest BCUT2D eigenvalue weighted by atomic mass is 35.5. The molecule has 0 aliphatic heterocycles. The van der Waals surface area contributed by atoms with Gasteiger partial charge in [-0.1, -0.05) is 29.8 Å². The lowest BCUT2D eigenvalue weighted by molar-refractivity contribution is 0.620. The van der Waals surface area contributed by atoms with Crippen LogP contribution in [0.5, 0.6) is 0 Å². The van der Waals surface area contributed by atoms with Gasteiger partial charge in [-0.05, 0) is 29.8 Å². The van der Waals surface area contributed by atoms with E-state index in [9.17, 15) is 0 Å². The number of nitriles is 1. The van der Waals surface area contributed by atoms with Crippen LogP contribution in [-0.4, -0.2) is 4.98 Å². The fraction of sp³-hybridized carbons (Fsp3) is 0.0667. The molecule has 0 saturated carbocycles. The third-order valence-electron chi connectivity index (χ3n) is 2.84. The third-order valence-corrected chi connectivity index (χ3v) is 3.17. The fourth-order valence-corrected chi connectivity index (χ4v) is 2.14. The monoisotopic (exact) mass is 268 g/mol. The van der Waals surface area contributed by atoms with E-state index in [1.807, 2.05) is 36.4 Å². The van der Waals surface area contributed by atoms with Crippen LogP contribution in [0.1, 0.15) is 5.56 Å². The van der Waals surface area contributed by atoms with Crippen molar-refractivity contribution in [3.8, 4) is 17.5 Å². The van der Waals surface area contributed by atoms with E-state index in [1.54, 1.807) is 6.07 Å². The van der Waals surface area contributed by atoms with Crippen LogP contribution >= 0.6 is 11.6 Å². The molecule has 3 rings (SSSR count). The Morgan fingerprint density at radius 1 is 1.21 bits per heavy atom. The van der Waals surface area contributed by atoms with Gasteiger partial charge in [-0.15, -0.1) is 0 Å². The molecular weight excluding hydrogens is 260 g/mol. The molecule has 1 aromatic heterocycles. The van der Waals surface area contributed by atoms with Gasteiger partial charge in [0.05, 0.1) is 23.1 Å². The summed E-state index contributed by atoms with van der Waals surface area (Å²) in [4.78, 5) is 4.43. The summed E-state index contributed by atoms with van der Waals surface area (Å²) in [6.45, 7) is 0. The Morgan fingerprint density at radius 3 is 2.84 bits per heavy atom. The van der Waals surface area contributed by atoms with Crippen molar-refractivity contribution in [2.45, 2.75) is 6.42 Å². The first-order valence-corrected chi connectivity index (χ1v) is 6.17. The van der Waals surface area contributed by atoms with Crippen molar-refractivity contribution in [3.63, 3.8) is 0 Å². The fourth-order valence-electron chi connectivity index (χ4n) is 1.92. The van der Waals surface area contributed by atoms with Crippen LogP contribution in [0.4, 0.5) is 0 Å². The van der Waals surface area contributed by atoms with E-state index in [-0.39, 0.29) is 0 Å². The third kappa shape index (κ3) is 2.18. The van der Waals surface area contributed by atoms with E-state index in [0.717, 1.165) is 16.6 Å². The van der Waals surface area contributed by atoms with Crippen molar-refractivity contribution in [2.75, 3.05) is 0 Å². The minimum absolute atomic E-state index is 0.365. The molecule has 92 valence electrons. The molecule has 19 heavy (non-hydrogen) atoms. The molecule has 3 aromatic rings. The van der Waals surface area contributed by atoms with Crippen LogP contribution in [0.2, 0.25) is 5.02 Å². The van der Waals surface area contributed by atoms with Crippen molar-refractivity contribution < 1.29 is 4.42 Å². The van der Waals surface area contributed by atoms with Gasteiger partial charge in [0.15, 0.2) is 5.58 Å². The highest BCUT2D eigenvalue weighted by Crippen LogP contribution is 2.29. The summed E-state index contributed by atoms with van der Waals surface area (Å²) in [6, 6.07) is 15.1. The summed E-state index contributed by atoms with van der Waals surface area (Å²) in [5.41, 5.74) is 3.12. The van der Waals surface area contributed by atoms with Crippen LogP contribution in [0.3, 0.4) is 0 Å². The second-order valence-electron chi connectivity index (χ2n) is 4.14. The van der Waals surface area contributed by atoms with Crippen molar-refractivity contribution >= 4 is 22.7 Å². The zero-order valence-electron chi connectivity index (χ0n) is 9.93. The SMILES string of the molecule is N#CCc1ccc2oc(-c3ccccc3Cl)nc2c1. The van der Waals surface area contributed by atoms with Gasteiger partial charge in [-0.3, -0.25) is 0 Å². The molecule has 4 heteroatoms.